The van der Waals surface area contributed by atoms with Crippen molar-refractivity contribution < 1.29 is 18.7 Å². The summed E-state index contributed by atoms with van der Waals surface area (Å²) in [4.78, 5) is 14.3. The van der Waals surface area contributed by atoms with Gasteiger partial charge in [-0.3, -0.25) is 4.79 Å². The van der Waals surface area contributed by atoms with Crippen LogP contribution in [0.1, 0.15) is 37.7 Å². The number of hydrogen-bond acceptors (Lipinski definition) is 2. The van der Waals surface area contributed by atoms with Crippen molar-refractivity contribution >= 4 is 5.91 Å². The van der Waals surface area contributed by atoms with E-state index in [1.54, 1.807) is 17.9 Å². The minimum absolute atomic E-state index is 0.0395. The van der Waals surface area contributed by atoms with E-state index in [2.05, 4.69) is 0 Å². The lowest BCUT2D eigenvalue weighted by atomic mass is 9.92. The van der Waals surface area contributed by atoms with Crippen LogP contribution >= 0.6 is 0 Å². The molecule has 1 aliphatic heterocycles. The maximum atomic E-state index is 13.8. The lowest BCUT2D eigenvalue weighted by Gasteiger charge is -2.33. The third-order valence-electron chi connectivity index (χ3n) is 5.02. The molecule has 1 saturated carbocycles. The van der Waals surface area contributed by atoms with Crippen LogP contribution in [0, 0.1) is 23.5 Å². The van der Waals surface area contributed by atoms with Gasteiger partial charge in [-0.1, -0.05) is 12.1 Å². The van der Waals surface area contributed by atoms with Crippen LogP contribution in [0.4, 0.5) is 8.78 Å². The maximum Gasteiger partial charge on any atom is 0.226 e. The summed E-state index contributed by atoms with van der Waals surface area (Å²) in [7, 11) is 0. The van der Waals surface area contributed by atoms with Gasteiger partial charge in [-0.2, -0.15) is 0 Å². The summed E-state index contributed by atoms with van der Waals surface area (Å²) >= 11 is 0. The third-order valence-corrected chi connectivity index (χ3v) is 5.02. The average molecular weight is 309 g/mol. The predicted octanol–water partition coefficient (Wildman–Crippen LogP) is 2.69. The van der Waals surface area contributed by atoms with Gasteiger partial charge in [-0.05, 0) is 49.7 Å². The molecule has 1 aromatic carbocycles. The molecule has 120 valence electrons. The first kappa shape index (κ1) is 15.4. The zero-order valence-electron chi connectivity index (χ0n) is 12.6. The fourth-order valence-corrected chi connectivity index (χ4v) is 3.46. The highest BCUT2D eigenvalue weighted by Gasteiger charge is 2.47. The Balaban J connectivity index is 1.61. The van der Waals surface area contributed by atoms with Gasteiger partial charge in [0.25, 0.3) is 0 Å². The van der Waals surface area contributed by atoms with E-state index in [1.165, 1.54) is 6.07 Å². The minimum Gasteiger partial charge on any atom is -0.393 e. The monoisotopic (exact) mass is 309 g/mol. The number of aliphatic hydroxyl groups excluding tert-OH is 1. The average Bonchev–Trinajstić information content (AvgIpc) is 3.30. The number of amides is 1. The van der Waals surface area contributed by atoms with Gasteiger partial charge >= 0.3 is 0 Å². The number of piperidine rings is 1. The second-order valence-electron chi connectivity index (χ2n) is 6.50. The number of likely N-dealkylation sites (tertiary alicyclic amines) is 1. The Morgan fingerprint density at radius 1 is 1.32 bits per heavy atom. The molecule has 5 heteroatoms. The fourth-order valence-electron chi connectivity index (χ4n) is 3.46. The topological polar surface area (TPSA) is 40.5 Å². The van der Waals surface area contributed by atoms with Crippen LogP contribution < -0.4 is 0 Å². The lowest BCUT2D eigenvalue weighted by Crippen LogP contribution is -2.41. The molecule has 0 aromatic heterocycles. The highest BCUT2D eigenvalue weighted by molar-refractivity contribution is 5.83. The Bertz CT molecular complexity index is 568. The first-order valence-electron chi connectivity index (χ1n) is 7.89. The maximum absolute atomic E-state index is 13.8. The van der Waals surface area contributed by atoms with E-state index in [0.29, 0.717) is 25.1 Å². The summed E-state index contributed by atoms with van der Waals surface area (Å²) in [6.07, 6.45) is 1.85. The van der Waals surface area contributed by atoms with Crippen molar-refractivity contribution in [3.8, 4) is 0 Å². The van der Waals surface area contributed by atoms with E-state index in [-0.39, 0.29) is 29.8 Å². The van der Waals surface area contributed by atoms with E-state index in [9.17, 15) is 18.7 Å². The summed E-state index contributed by atoms with van der Waals surface area (Å²) in [5, 5.41) is 9.59. The predicted molar refractivity (Wildman–Crippen MR) is 78.2 cm³/mol. The number of carbonyl (C=O) groups excluding carboxylic acids is 1. The molecule has 1 heterocycles. The third kappa shape index (κ3) is 2.86. The van der Waals surface area contributed by atoms with Crippen LogP contribution in [-0.4, -0.2) is 35.1 Å². The van der Waals surface area contributed by atoms with Gasteiger partial charge < -0.3 is 10.0 Å². The molecular weight excluding hydrogens is 288 g/mol. The van der Waals surface area contributed by atoms with Crippen molar-refractivity contribution in [3.05, 3.63) is 35.4 Å². The van der Waals surface area contributed by atoms with Crippen LogP contribution in [0.25, 0.3) is 0 Å². The molecule has 3 unspecified atom stereocenters. The molecule has 0 spiro atoms. The molecule has 1 saturated heterocycles. The summed E-state index contributed by atoms with van der Waals surface area (Å²) in [6, 6.07) is 4.15. The molecule has 1 amide bonds. The van der Waals surface area contributed by atoms with E-state index >= 15 is 0 Å². The second-order valence-corrected chi connectivity index (χ2v) is 6.50. The first-order valence-corrected chi connectivity index (χ1v) is 7.89. The SMILES string of the molecule is CC(O)C1CCN(C(=O)C2CC2c2cccc(F)c2F)CC1. The van der Waals surface area contributed by atoms with Gasteiger partial charge in [-0.15, -0.1) is 0 Å². The van der Waals surface area contributed by atoms with Crippen molar-refractivity contribution in [3.63, 3.8) is 0 Å². The van der Waals surface area contributed by atoms with Crippen molar-refractivity contribution in [2.75, 3.05) is 13.1 Å². The van der Waals surface area contributed by atoms with Crippen LogP contribution in [0.3, 0.4) is 0 Å². The summed E-state index contributed by atoms with van der Waals surface area (Å²) < 4.78 is 27.1. The quantitative estimate of drug-likeness (QED) is 0.932. The Morgan fingerprint density at radius 2 is 2.00 bits per heavy atom. The van der Waals surface area contributed by atoms with Gasteiger partial charge in [0.2, 0.25) is 5.91 Å². The number of carbonyl (C=O) groups is 1. The van der Waals surface area contributed by atoms with Crippen molar-refractivity contribution in [1.29, 1.82) is 0 Å². The van der Waals surface area contributed by atoms with E-state index in [4.69, 9.17) is 0 Å². The summed E-state index contributed by atoms with van der Waals surface area (Å²) in [6.45, 7) is 3.07. The Labute approximate surface area is 128 Å². The van der Waals surface area contributed by atoms with Gasteiger partial charge in [-0.25, -0.2) is 8.78 Å². The second kappa shape index (κ2) is 5.95. The molecule has 2 fully saturated rings. The largest absolute Gasteiger partial charge is 0.393 e. The van der Waals surface area contributed by atoms with Gasteiger partial charge in [0, 0.05) is 19.0 Å². The zero-order valence-corrected chi connectivity index (χ0v) is 12.6. The van der Waals surface area contributed by atoms with Gasteiger partial charge in [0.1, 0.15) is 0 Å². The van der Waals surface area contributed by atoms with Crippen LogP contribution in [0.2, 0.25) is 0 Å². The van der Waals surface area contributed by atoms with Crippen molar-refractivity contribution in [1.82, 2.24) is 4.90 Å². The number of hydrogen-bond donors (Lipinski definition) is 1. The molecule has 2 aliphatic rings. The van der Waals surface area contributed by atoms with E-state index < -0.39 is 11.6 Å². The number of benzene rings is 1. The van der Waals surface area contributed by atoms with Gasteiger partial charge in [0.15, 0.2) is 11.6 Å². The normalized spacial score (nSPS) is 26.8. The summed E-state index contributed by atoms with van der Waals surface area (Å²) in [5.74, 6) is -1.81. The van der Waals surface area contributed by atoms with Crippen LogP contribution in [0.5, 0.6) is 0 Å². The highest BCUT2D eigenvalue weighted by atomic mass is 19.2. The van der Waals surface area contributed by atoms with Crippen LogP contribution in [0.15, 0.2) is 18.2 Å². The molecule has 0 bridgehead atoms. The molecule has 1 N–H and O–H groups in total. The number of aliphatic hydroxyl groups is 1. The van der Waals surface area contributed by atoms with E-state index in [1.807, 2.05) is 0 Å². The van der Waals surface area contributed by atoms with Crippen LogP contribution in [-0.2, 0) is 4.79 Å². The number of rotatable bonds is 3. The minimum atomic E-state index is -0.853. The lowest BCUT2D eigenvalue weighted by molar-refractivity contribution is -0.134. The fraction of sp³-hybridized carbons (Fsp3) is 0.588. The molecule has 3 atom stereocenters. The zero-order chi connectivity index (χ0) is 15.9. The Morgan fingerprint density at radius 3 is 2.64 bits per heavy atom. The highest BCUT2D eigenvalue weighted by Crippen LogP contribution is 2.49. The first-order chi connectivity index (χ1) is 10.5. The number of halogens is 2. The van der Waals surface area contributed by atoms with Gasteiger partial charge in [0.05, 0.1) is 6.10 Å². The standard InChI is InChI=1S/C17H21F2NO2/c1-10(21)11-5-7-20(8-6-11)17(22)14-9-13(14)12-3-2-4-15(18)16(12)19/h2-4,10-11,13-14,21H,5-9H2,1H3. The molecule has 1 aromatic rings. The molecular formula is C17H21F2NO2. The van der Waals surface area contributed by atoms with E-state index in [0.717, 1.165) is 18.9 Å². The summed E-state index contributed by atoms with van der Waals surface area (Å²) in [5.41, 5.74) is 0.317. The Hall–Kier alpha value is -1.49. The number of nitrogens with zero attached hydrogens (tertiary/aromatic N) is 1. The molecule has 3 rings (SSSR count). The van der Waals surface area contributed by atoms with Crippen molar-refractivity contribution in [2.45, 2.75) is 38.2 Å². The molecule has 3 nitrogen and oxygen atoms in total. The smallest absolute Gasteiger partial charge is 0.226 e. The molecule has 0 radical (unpaired) electrons. The Kier molecular flexibility index (Phi) is 4.17. The molecule has 22 heavy (non-hydrogen) atoms. The van der Waals surface area contributed by atoms with Crippen molar-refractivity contribution in [2.24, 2.45) is 11.8 Å². The molecule has 1 aliphatic carbocycles.